The highest BCUT2D eigenvalue weighted by molar-refractivity contribution is 5.87. The molecule has 1 aromatic rings. The third-order valence-electron chi connectivity index (χ3n) is 4.12. The molecule has 1 saturated carbocycles. The Kier molecular flexibility index (Phi) is 5.38. The van der Waals surface area contributed by atoms with E-state index >= 15 is 0 Å². The lowest BCUT2D eigenvalue weighted by Gasteiger charge is -2.27. The average Bonchev–Trinajstić information content (AvgIpc) is 2.47. The number of nitrogens with one attached hydrogen (secondary N) is 2. The van der Waals surface area contributed by atoms with Crippen LogP contribution in [0.25, 0.3) is 0 Å². The van der Waals surface area contributed by atoms with Crippen molar-refractivity contribution in [2.24, 2.45) is 17.4 Å². The summed E-state index contributed by atoms with van der Waals surface area (Å²) in [6, 6.07) is 6.71. The van der Waals surface area contributed by atoms with Crippen molar-refractivity contribution in [2.75, 3.05) is 5.32 Å². The second-order valence-corrected chi connectivity index (χ2v) is 5.97. The van der Waals surface area contributed by atoms with Crippen molar-refractivity contribution in [3.63, 3.8) is 0 Å². The van der Waals surface area contributed by atoms with Crippen molar-refractivity contribution in [1.82, 2.24) is 5.32 Å². The second-order valence-electron chi connectivity index (χ2n) is 5.97. The summed E-state index contributed by atoms with van der Waals surface area (Å²) in [6.07, 6.45) is 3.70. The molecule has 0 radical (unpaired) electrons. The maximum Gasteiger partial charge on any atom is 0.316 e. The zero-order valence-electron chi connectivity index (χ0n) is 12.8. The van der Waals surface area contributed by atoms with E-state index in [-0.39, 0.29) is 23.9 Å². The summed E-state index contributed by atoms with van der Waals surface area (Å²) in [5, 5.41) is 5.55. The van der Waals surface area contributed by atoms with Gasteiger partial charge >= 0.3 is 6.03 Å². The van der Waals surface area contributed by atoms with E-state index in [0.29, 0.717) is 5.69 Å². The Labute approximate surface area is 130 Å². The lowest BCUT2D eigenvalue weighted by molar-refractivity contribution is -0.126. The van der Waals surface area contributed by atoms with Crippen molar-refractivity contribution in [2.45, 2.75) is 44.7 Å². The number of hydrogen-bond donors (Lipinski definition) is 4. The number of primary amides is 1. The van der Waals surface area contributed by atoms with Crippen LogP contribution in [0, 0.1) is 5.92 Å². The quantitative estimate of drug-likeness (QED) is 0.681. The molecule has 1 aliphatic rings. The number of hydrogen-bond acceptors (Lipinski definition) is 3. The van der Waals surface area contributed by atoms with Gasteiger partial charge in [-0.25, -0.2) is 4.79 Å². The normalized spacial score (nSPS) is 22.6. The van der Waals surface area contributed by atoms with Crippen LogP contribution >= 0.6 is 0 Å². The van der Waals surface area contributed by atoms with Crippen LogP contribution in [0.15, 0.2) is 24.3 Å². The number of urea groups is 1. The smallest absolute Gasteiger partial charge is 0.316 e. The van der Waals surface area contributed by atoms with Crippen molar-refractivity contribution in [3.8, 4) is 0 Å². The summed E-state index contributed by atoms with van der Waals surface area (Å²) < 4.78 is 0. The first-order valence-corrected chi connectivity index (χ1v) is 7.68. The predicted molar refractivity (Wildman–Crippen MR) is 86.1 cm³/mol. The molecule has 0 spiro atoms. The lowest BCUT2D eigenvalue weighted by Crippen LogP contribution is -2.38. The first kappa shape index (κ1) is 16.3. The summed E-state index contributed by atoms with van der Waals surface area (Å²) in [4.78, 5) is 23.1. The Morgan fingerprint density at radius 2 is 1.91 bits per heavy atom. The first-order chi connectivity index (χ1) is 10.5. The molecule has 6 nitrogen and oxygen atoms in total. The van der Waals surface area contributed by atoms with Crippen LogP contribution in [0.5, 0.6) is 0 Å². The fourth-order valence-electron chi connectivity index (χ4n) is 2.88. The van der Waals surface area contributed by atoms with E-state index in [2.05, 4.69) is 10.6 Å². The number of nitrogens with two attached hydrogens (primary N) is 2. The van der Waals surface area contributed by atoms with Gasteiger partial charge in [0.2, 0.25) is 5.91 Å². The molecule has 0 saturated heterocycles. The molecule has 6 N–H and O–H groups in total. The molecule has 3 amide bonds. The van der Waals surface area contributed by atoms with Gasteiger partial charge in [-0.2, -0.15) is 0 Å². The van der Waals surface area contributed by atoms with E-state index < -0.39 is 6.03 Å². The third-order valence-corrected chi connectivity index (χ3v) is 4.12. The summed E-state index contributed by atoms with van der Waals surface area (Å²) >= 11 is 0. The maximum atomic E-state index is 12.3. The van der Waals surface area contributed by atoms with E-state index in [9.17, 15) is 9.59 Å². The molecule has 0 bridgehead atoms. The molecular formula is C16H24N4O2. The van der Waals surface area contributed by atoms with E-state index in [0.717, 1.165) is 31.2 Å². The molecule has 120 valence electrons. The monoisotopic (exact) mass is 304 g/mol. The Hall–Kier alpha value is -2.08. The molecule has 0 aromatic heterocycles. The molecule has 2 rings (SSSR count). The number of benzene rings is 1. The van der Waals surface area contributed by atoms with Gasteiger partial charge in [-0.05, 0) is 43.9 Å². The largest absolute Gasteiger partial charge is 0.351 e. The van der Waals surface area contributed by atoms with E-state index in [1.807, 2.05) is 19.1 Å². The van der Waals surface area contributed by atoms with Crippen molar-refractivity contribution in [3.05, 3.63) is 29.8 Å². The Bertz CT molecular complexity index is 529. The highest BCUT2D eigenvalue weighted by Crippen LogP contribution is 2.24. The van der Waals surface area contributed by atoms with Gasteiger partial charge in [-0.3, -0.25) is 4.79 Å². The average molecular weight is 304 g/mol. The number of rotatable bonds is 4. The van der Waals surface area contributed by atoms with Gasteiger partial charge in [0, 0.05) is 17.6 Å². The zero-order valence-corrected chi connectivity index (χ0v) is 12.8. The van der Waals surface area contributed by atoms with Crippen LogP contribution in [-0.4, -0.2) is 18.0 Å². The van der Waals surface area contributed by atoms with Crippen LogP contribution in [0.1, 0.15) is 44.2 Å². The van der Waals surface area contributed by atoms with Gasteiger partial charge < -0.3 is 22.1 Å². The molecule has 1 aliphatic carbocycles. The van der Waals surface area contributed by atoms with E-state index in [4.69, 9.17) is 11.5 Å². The van der Waals surface area contributed by atoms with E-state index in [1.54, 1.807) is 12.1 Å². The highest BCUT2D eigenvalue weighted by Gasteiger charge is 2.26. The summed E-state index contributed by atoms with van der Waals surface area (Å²) in [5.41, 5.74) is 12.6. The maximum absolute atomic E-state index is 12.3. The Balaban J connectivity index is 1.92. The SMILES string of the molecule is CC(NC(=O)C1CCCC(N)C1)c1ccc(NC(N)=O)cc1. The second kappa shape index (κ2) is 7.26. The summed E-state index contributed by atoms with van der Waals surface area (Å²) in [5.74, 6) is 0.0870. The highest BCUT2D eigenvalue weighted by atomic mass is 16.2. The Morgan fingerprint density at radius 3 is 2.50 bits per heavy atom. The topological polar surface area (TPSA) is 110 Å². The lowest BCUT2D eigenvalue weighted by atomic mass is 9.85. The van der Waals surface area contributed by atoms with Crippen LogP contribution in [0.2, 0.25) is 0 Å². The number of carbonyl (C=O) groups excluding carboxylic acids is 2. The van der Waals surface area contributed by atoms with Crippen LogP contribution in [0.3, 0.4) is 0 Å². The van der Waals surface area contributed by atoms with Crippen LogP contribution in [-0.2, 0) is 4.79 Å². The molecule has 6 heteroatoms. The minimum absolute atomic E-state index is 0.0157. The van der Waals surface area contributed by atoms with E-state index in [1.165, 1.54) is 0 Å². The molecular weight excluding hydrogens is 280 g/mol. The Morgan fingerprint density at radius 1 is 1.23 bits per heavy atom. The van der Waals surface area contributed by atoms with Gasteiger partial charge in [-0.15, -0.1) is 0 Å². The zero-order chi connectivity index (χ0) is 16.1. The fraction of sp³-hybridized carbons (Fsp3) is 0.500. The van der Waals surface area contributed by atoms with Gasteiger partial charge in [0.05, 0.1) is 6.04 Å². The van der Waals surface area contributed by atoms with Crippen LogP contribution in [0.4, 0.5) is 10.5 Å². The molecule has 1 aromatic carbocycles. The van der Waals surface area contributed by atoms with Crippen molar-refractivity contribution in [1.29, 1.82) is 0 Å². The number of carbonyl (C=O) groups is 2. The molecule has 3 atom stereocenters. The summed E-state index contributed by atoms with van der Waals surface area (Å²) in [7, 11) is 0. The number of amides is 3. The minimum atomic E-state index is -0.595. The molecule has 22 heavy (non-hydrogen) atoms. The van der Waals surface area contributed by atoms with Gasteiger partial charge in [0.15, 0.2) is 0 Å². The number of anilines is 1. The molecule has 0 aliphatic heterocycles. The molecule has 3 unspecified atom stereocenters. The predicted octanol–water partition coefficient (Wildman–Crippen LogP) is 1.87. The fourth-order valence-corrected chi connectivity index (χ4v) is 2.88. The van der Waals surface area contributed by atoms with Crippen molar-refractivity contribution < 1.29 is 9.59 Å². The summed E-state index contributed by atoms with van der Waals surface area (Å²) in [6.45, 7) is 1.94. The van der Waals surface area contributed by atoms with Crippen molar-refractivity contribution >= 4 is 17.6 Å². The minimum Gasteiger partial charge on any atom is -0.351 e. The van der Waals surface area contributed by atoms with Gasteiger partial charge in [0.1, 0.15) is 0 Å². The third kappa shape index (κ3) is 4.46. The van der Waals surface area contributed by atoms with Crippen LogP contribution < -0.4 is 22.1 Å². The molecule has 1 fully saturated rings. The molecule has 0 heterocycles. The van der Waals surface area contributed by atoms with Gasteiger partial charge in [0.25, 0.3) is 0 Å². The first-order valence-electron chi connectivity index (χ1n) is 7.68. The van der Waals surface area contributed by atoms with Gasteiger partial charge in [-0.1, -0.05) is 18.6 Å². The standard InChI is InChI=1S/C16H24N4O2/c1-10(11-5-7-14(8-6-11)20-16(18)22)19-15(21)12-3-2-4-13(17)9-12/h5-8,10,12-13H,2-4,9,17H2,1H3,(H,19,21)(H3,18,20,22).